The van der Waals surface area contributed by atoms with E-state index in [4.69, 9.17) is 9.47 Å². The largest absolute Gasteiger partial charge is 0.454 e. The molecule has 1 saturated heterocycles. The quantitative estimate of drug-likeness (QED) is 0.658. The molecule has 9 heteroatoms. The van der Waals surface area contributed by atoms with Gasteiger partial charge in [0, 0.05) is 25.2 Å². The number of carbonyl (C=O) groups excluding carboxylic acids is 1. The standard InChI is InChI=1S/C21H24N2O5S2/c24-20(9-7-16-6-8-18-19(14-16)28-15-27-18)22-11-10-17-4-1-2-12-23(17)30(25,26)21-5-3-13-29-21/h3,5-9,13-14,17H,1-2,4,10-12,15H2,(H,22,24)/b9-7+/t17-/m0/s1. The lowest BCUT2D eigenvalue weighted by Gasteiger charge is -2.34. The first-order valence-corrected chi connectivity index (χ1v) is 12.3. The predicted molar refractivity (Wildman–Crippen MR) is 115 cm³/mol. The molecule has 2 aromatic rings. The van der Waals surface area contributed by atoms with Crippen molar-refractivity contribution >= 4 is 33.3 Å². The van der Waals surface area contributed by atoms with Crippen LogP contribution >= 0.6 is 11.3 Å². The van der Waals surface area contributed by atoms with E-state index in [0.29, 0.717) is 35.2 Å². The Morgan fingerprint density at radius 1 is 1.23 bits per heavy atom. The normalized spacial score (nSPS) is 19.3. The van der Waals surface area contributed by atoms with Gasteiger partial charge in [0.2, 0.25) is 12.7 Å². The zero-order chi connectivity index (χ0) is 21.0. The number of hydrogen-bond acceptors (Lipinski definition) is 6. The molecule has 1 N–H and O–H groups in total. The summed E-state index contributed by atoms with van der Waals surface area (Å²) in [5.74, 6) is 1.16. The molecule has 0 unspecified atom stereocenters. The van der Waals surface area contributed by atoms with E-state index >= 15 is 0 Å². The van der Waals surface area contributed by atoms with Crippen LogP contribution in [0.4, 0.5) is 0 Å². The van der Waals surface area contributed by atoms with Gasteiger partial charge in [0.25, 0.3) is 10.0 Å². The van der Waals surface area contributed by atoms with E-state index in [9.17, 15) is 13.2 Å². The van der Waals surface area contributed by atoms with Gasteiger partial charge in [-0.3, -0.25) is 4.79 Å². The molecule has 30 heavy (non-hydrogen) atoms. The number of thiophene rings is 1. The molecular formula is C21H24N2O5S2. The molecular weight excluding hydrogens is 424 g/mol. The molecule has 1 fully saturated rings. The Balaban J connectivity index is 1.31. The van der Waals surface area contributed by atoms with Gasteiger partial charge in [0.15, 0.2) is 11.5 Å². The molecule has 1 amide bonds. The second-order valence-corrected chi connectivity index (χ2v) is 10.3. The predicted octanol–water partition coefficient (Wildman–Crippen LogP) is 3.24. The highest BCUT2D eigenvalue weighted by molar-refractivity contribution is 7.91. The molecule has 4 rings (SSSR count). The van der Waals surface area contributed by atoms with E-state index in [-0.39, 0.29) is 18.7 Å². The van der Waals surface area contributed by atoms with Crippen molar-refractivity contribution in [2.75, 3.05) is 19.9 Å². The lowest BCUT2D eigenvalue weighted by molar-refractivity contribution is -0.116. The third-order valence-corrected chi connectivity index (χ3v) is 8.56. The Morgan fingerprint density at radius 2 is 2.10 bits per heavy atom. The number of nitrogens with one attached hydrogen (secondary N) is 1. The number of benzene rings is 1. The first kappa shape index (κ1) is 20.9. The molecule has 0 bridgehead atoms. The second kappa shape index (κ2) is 9.20. The monoisotopic (exact) mass is 448 g/mol. The van der Waals surface area contributed by atoms with Crippen LogP contribution in [0.3, 0.4) is 0 Å². The summed E-state index contributed by atoms with van der Waals surface area (Å²) in [6.45, 7) is 1.16. The number of carbonyl (C=O) groups is 1. The van der Waals surface area contributed by atoms with Gasteiger partial charge < -0.3 is 14.8 Å². The first-order chi connectivity index (χ1) is 14.5. The van der Waals surface area contributed by atoms with Crippen LogP contribution in [0, 0.1) is 0 Å². The Hall–Kier alpha value is -2.36. The molecule has 2 aliphatic rings. The maximum Gasteiger partial charge on any atom is 0.252 e. The number of ether oxygens (including phenoxy) is 2. The zero-order valence-corrected chi connectivity index (χ0v) is 18.1. The number of piperidine rings is 1. The van der Waals surface area contributed by atoms with Crippen molar-refractivity contribution in [3.05, 3.63) is 47.4 Å². The number of rotatable bonds is 7. The third kappa shape index (κ3) is 4.69. The minimum Gasteiger partial charge on any atom is -0.454 e. The van der Waals surface area contributed by atoms with Crippen LogP contribution in [0.25, 0.3) is 6.08 Å². The summed E-state index contributed by atoms with van der Waals surface area (Å²) in [5.41, 5.74) is 0.842. The highest BCUT2D eigenvalue weighted by Crippen LogP contribution is 2.33. The van der Waals surface area contributed by atoms with Crippen LogP contribution in [-0.2, 0) is 14.8 Å². The smallest absolute Gasteiger partial charge is 0.252 e. The summed E-state index contributed by atoms with van der Waals surface area (Å²) in [6.07, 6.45) is 6.45. The van der Waals surface area contributed by atoms with Gasteiger partial charge in [-0.25, -0.2) is 8.42 Å². The molecule has 1 aromatic heterocycles. The summed E-state index contributed by atoms with van der Waals surface area (Å²) in [7, 11) is -3.47. The minimum absolute atomic E-state index is 0.0935. The molecule has 0 spiro atoms. The van der Waals surface area contributed by atoms with Crippen molar-refractivity contribution in [1.82, 2.24) is 9.62 Å². The number of amides is 1. The fraction of sp³-hybridized carbons (Fsp3) is 0.381. The molecule has 0 saturated carbocycles. The van der Waals surface area contributed by atoms with Crippen LogP contribution in [0.2, 0.25) is 0 Å². The number of fused-ring (bicyclic) bond motifs is 1. The van der Waals surface area contributed by atoms with Crippen LogP contribution in [0.1, 0.15) is 31.2 Å². The molecule has 1 aromatic carbocycles. The van der Waals surface area contributed by atoms with E-state index in [1.165, 1.54) is 17.4 Å². The van der Waals surface area contributed by atoms with E-state index < -0.39 is 10.0 Å². The number of nitrogens with zero attached hydrogens (tertiary/aromatic N) is 1. The average Bonchev–Trinajstić information content (AvgIpc) is 3.44. The van der Waals surface area contributed by atoms with Crippen molar-refractivity contribution in [2.45, 2.75) is 35.9 Å². The summed E-state index contributed by atoms with van der Waals surface area (Å²) < 4.78 is 38.4. The Kier molecular flexibility index (Phi) is 6.40. The molecule has 3 heterocycles. The summed E-state index contributed by atoms with van der Waals surface area (Å²) in [6, 6.07) is 8.79. The Labute approximate surface area is 180 Å². The first-order valence-electron chi connectivity index (χ1n) is 9.95. The van der Waals surface area contributed by atoms with Crippen LogP contribution in [0.15, 0.2) is 46.0 Å². The van der Waals surface area contributed by atoms with Crippen molar-refractivity contribution in [3.8, 4) is 11.5 Å². The molecule has 1 atom stereocenters. The van der Waals surface area contributed by atoms with Gasteiger partial charge in [0.05, 0.1) is 0 Å². The van der Waals surface area contributed by atoms with Crippen molar-refractivity contribution in [3.63, 3.8) is 0 Å². The highest BCUT2D eigenvalue weighted by Gasteiger charge is 2.33. The van der Waals surface area contributed by atoms with Gasteiger partial charge in [0.1, 0.15) is 4.21 Å². The van der Waals surface area contributed by atoms with Crippen molar-refractivity contribution in [1.29, 1.82) is 0 Å². The van der Waals surface area contributed by atoms with Gasteiger partial charge in [-0.05, 0) is 54.5 Å². The molecule has 2 aliphatic heterocycles. The van der Waals surface area contributed by atoms with Crippen molar-refractivity contribution in [2.24, 2.45) is 0 Å². The zero-order valence-electron chi connectivity index (χ0n) is 16.5. The lowest BCUT2D eigenvalue weighted by atomic mass is 10.0. The molecule has 0 aliphatic carbocycles. The van der Waals surface area contributed by atoms with Crippen LogP contribution in [-0.4, -0.2) is 44.6 Å². The Bertz CT molecular complexity index is 1020. The maximum absolute atomic E-state index is 12.9. The van der Waals surface area contributed by atoms with E-state index in [1.807, 2.05) is 18.2 Å². The second-order valence-electron chi connectivity index (χ2n) is 7.22. The molecule has 7 nitrogen and oxygen atoms in total. The topological polar surface area (TPSA) is 84.9 Å². The van der Waals surface area contributed by atoms with Gasteiger partial charge in [-0.1, -0.05) is 18.6 Å². The van der Waals surface area contributed by atoms with Crippen molar-refractivity contribution < 1.29 is 22.7 Å². The van der Waals surface area contributed by atoms with Crippen LogP contribution in [0.5, 0.6) is 11.5 Å². The van der Waals surface area contributed by atoms with E-state index in [0.717, 1.165) is 24.8 Å². The summed E-state index contributed by atoms with van der Waals surface area (Å²) >= 11 is 1.24. The van der Waals surface area contributed by atoms with Gasteiger partial charge in [-0.2, -0.15) is 4.31 Å². The average molecular weight is 449 g/mol. The summed E-state index contributed by atoms with van der Waals surface area (Å²) in [5, 5.41) is 4.64. The fourth-order valence-electron chi connectivity index (χ4n) is 3.71. The SMILES string of the molecule is O=C(/C=C/c1ccc2c(c1)OCO2)NCC[C@@H]1CCCCN1S(=O)(=O)c1cccs1. The lowest BCUT2D eigenvalue weighted by Crippen LogP contribution is -2.44. The highest BCUT2D eigenvalue weighted by atomic mass is 32.2. The summed E-state index contributed by atoms with van der Waals surface area (Å²) in [4.78, 5) is 12.2. The minimum atomic E-state index is -3.47. The maximum atomic E-state index is 12.9. The Morgan fingerprint density at radius 3 is 2.93 bits per heavy atom. The van der Waals surface area contributed by atoms with Gasteiger partial charge >= 0.3 is 0 Å². The van der Waals surface area contributed by atoms with E-state index in [2.05, 4.69) is 5.32 Å². The number of hydrogen-bond donors (Lipinski definition) is 1. The molecule has 0 radical (unpaired) electrons. The number of sulfonamides is 1. The fourth-order valence-corrected chi connectivity index (χ4v) is 6.56. The van der Waals surface area contributed by atoms with Gasteiger partial charge in [-0.15, -0.1) is 11.3 Å². The molecule has 160 valence electrons. The van der Waals surface area contributed by atoms with Crippen LogP contribution < -0.4 is 14.8 Å². The van der Waals surface area contributed by atoms with E-state index in [1.54, 1.807) is 27.9 Å². The third-order valence-electron chi connectivity index (χ3n) is 5.23.